The van der Waals surface area contributed by atoms with Crippen molar-refractivity contribution < 1.29 is 5.11 Å². The van der Waals surface area contributed by atoms with Crippen LogP contribution >= 0.6 is 22.6 Å². The normalized spacial score (nSPS) is 11.9. The van der Waals surface area contributed by atoms with E-state index in [0.717, 1.165) is 31.4 Å². The van der Waals surface area contributed by atoms with E-state index >= 15 is 0 Å². The van der Waals surface area contributed by atoms with Gasteiger partial charge in [0.05, 0.1) is 5.52 Å². The van der Waals surface area contributed by atoms with Gasteiger partial charge in [-0.05, 0) is 92.9 Å². The highest BCUT2D eigenvalue weighted by Gasteiger charge is 2.18. The topological polar surface area (TPSA) is 48.4 Å². The molecule has 0 unspecified atom stereocenters. The van der Waals surface area contributed by atoms with Crippen LogP contribution in [0.4, 0.5) is 11.4 Å². The summed E-state index contributed by atoms with van der Waals surface area (Å²) in [7, 11) is 2.07. The fraction of sp³-hybridized carbons (Fsp3) is 0.286. The van der Waals surface area contributed by atoms with Crippen LogP contribution in [0.5, 0.6) is 5.75 Å². The lowest BCUT2D eigenvalue weighted by molar-refractivity contribution is 0.166. The van der Waals surface area contributed by atoms with Crippen LogP contribution in [0.15, 0.2) is 48.7 Å². The van der Waals surface area contributed by atoms with Crippen molar-refractivity contribution in [3.8, 4) is 5.75 Å². The number of aromatic hydroxyl groups is 1. The molecule has 0 saturated heterocycles. The van der Waals surface area contributed by atoms with Crippen molar-refractivity contribution in [3.63, 3.8) is 0 Å². The molecule has 3 rings (SSSR count). The van der Waals surface area contributed by atoms with Crippen LogP contribution in [-0.4, -0.2) is 27.6 Å². The Hall–Kier alpha value is -1.86. The Kier molecular flexibility index (Phi) is 5.39. The summed E-state index contributed by atoms with van der Waals surface area (Å²) in [6.07, 6.45) is 1.81. The highest BCUT2D eigenvalue weighted by molar-refractivity contribution is 14.1. The zero-order valence-corrected chi connectivity index (χ0v) is 17.7. The Morgan fingerprint density at radius 1 is 1.12 bits per heavy atom. The van der Waals surface area contributed by atoms with Crippen molar-refractivity contribution in [1.82, 2.24) is 9.88 Å². The predicted octanol–water partition coefficient (Wildman–Crippen LogP) is 5.52. The van der Waals surface area contributed by atoms with Crippen LogP contribution in [0.3, 0.4) is 0 Å². The standard InChI is InChI=1S/C21H24IN3O/c1-21(2,3)25(4)13-14-11-16(6-8-20(14)26)24-18-9-10-23-19-12-15(22)5-7-17(18)19/h5-12,26H,13H2,1-4H3,(H,23,24). The minimum atomic E-state index is 0.0360. The number of nitrogens with zero attached hydrogens (tertiary/aromatic N) is 2. The molecule has 0 aliphatic carbocycles. The van der Waals surface area contributed by atoms with Crippen LogP contribution in [0.1, 0.15) is 26.3 Å². The molecule has 4 nitrogen and oxygen atoms in total. The van der Waals surface area contributed by atoms with Crippen molar-refractivity contribution in [1.29, 1.82) is 0 Å². The Labute approximate surface area is 168 Å². The SMILES string of the molecule is CN(Cc1cc(Nc2ccnc3cc(I)ccc23)ccc1O)C(C)(C)C. The molecule has 1 heterocycles. The molecule has 136 valence electrons. The molecule has 3 aromatic rings. The van der Waals surface area contributed by atoms with Gasteiger partial charge in [-0.25, -0.2) is 0 Å². The number of halogens is 1. The highest BCUT2D eigenvalue weighted by Crippen LogP contribution is 2.30. The number of hydrogen-bond donors (Lipinski definition) is 2. The van der Waals surface area contributed by atoms with Crippen LogP contribution in [0.25, 0.3) is 10.9 Å². The summed E-state index contributed by atoms with van der Waals surface area (Å²) in [6, 6.07) is 13.9. The van der Waals surface area contributed by atoms with Gasteiger partial charge in [0.25, 0.3) is 0 Å². The van der Waals surface area contributed by atoms with Crippen LogP contribution in [0, 0.1) is 3.57 Å². The summed E-state index contributed by atoms with van der Waals surface area (Å²) >= 11 is 2.30. The summed E-state index contributed by atoms with van der Waals surface area (Å²) in [6.45, 7) is 7.17. The molecule has 0 aliphatic heterocycles. The summed E-state index contributed by atoms with van der Waals surface area (Å²) in [5, 5.41) is 14.8. The van der Waals surface area contributed by atoms with E-state index < -0.39 is 0 Å². The van der Waals surface area contributed by atoms with Crippen molar-refractivity contribution in [2.75, 3.05) is 12.4 Å². The first-order valence-corrected chi connectivity index (χ1v) is 9.66. The van der Waals surface area contributed by atoms with Gasteiger partial charge in [0.2, 0.25) is 0 Å². The zero-order chi connectivity index (χ0) is 18.9. The molecule has 0 aliphatic rings. The van der Waals surface area contributed by atoms with Crippen LogP contribution in [-0.2, 0) is 6.54 Å². The number of rotatable bonds is 4. The van der Waals surface area contributed by atoms with Gasteiger partial charge in [0.15, 0.2) is 0 Å². The van der Waals surface area contributed by atoms with Crippen LogP contribution in [0.2, 0.25) is 0 Å². The van der Waals surface area contributed by atoms with Gasteiger partial charge in [0.1, 0.15) is 5.75 Å². The zero-order valence-electron chi connectivity index (χ0n) is 15.5. The summed E-state index contributed by atoms with van der Waals surface area (Å²) < 4.78 is 1.16. The van der Waals surface area contributed by atoms with Gasteiger partial charge in [-0.2, -0.15) is 0 Å². The quantitative estimate of drug-likeness (QED) is 0.397. The molecule has 5 heteroatoms. The summed E-state index contributed by atoms with van der Waals surface area (Å²) in [5.41, 5.74) is 3.86. The van der Waals surface area contributed by atoms with Gasteiger partial charge in [-0.1, -0.05) is 0 Å². The number of benzene rings is 2. The average Bonchev–Trinajstić information content (AvgIpc) is 2.57. The minimum Gasteiger partial charge on any atom is -0.508 e. The molecule has 0 bridgehead atoms. The Morgan fingerprint density at radius 2 is 1.88 bits per heavy atom. The fourth-order valence-corrected chi connectivity index (χ4v) is 3.14. The molecule has 0 saturated carbocycles. The fourth-order valence-electron chi connectivity index (χ4n) is 2.67. The second-order valence-electron chi connectivity index (χ2n) is 7.52. The molecule has 2 N–H and O–H groups in total. The maximum Gasteiger partial charge on any atom is 0.120 e. The first kappa shape index (κ1) is 18.9. The lowest BCUT2D eigenvalue weighted by atomic mass is 10.0. The van der Waals surface area contributed by atoms with Gasteiger partial charge >= 0.3 is 0 Å². The number of anilines is 2. The first-order chi connectivity index (χ1) is 12.2. The van der Waals surface area contributed by atoms with E-state index in [4.69, 9.17) is 0 Å². The molecule has 0 spiro atoms. The van der Waals surface area contributed by atoms with Gasteiger partial charge < -0.3 is 10.4 Å². The van der Waals surface area contributed by atoms with E-state index in [-0.39, 0.29) is 5.54 Å². The smallest absolute Gasteiger partial charge is 0.120 e. The lowest BCUT2D eigenvalue weighted by Gasteiger charge is -2.32. The average molecular weight is 461 g/mol. The van der Waals surface area contributed by atoms with Crippen molar-refractivity contribution in [2.24, 2.45) is 0 Å². The van der Waals surface area contributed by atoms with E-state index in [1.165, 1.54) is 0 Å². The molecule has 0 atom stereocenters. The molecule has 1 aromatic heterocycles. The molecule has 0 radical (unpaired) electrons. The predicted molar refractivity (Wildman–Crippen MR) is 117 cm³/mol. The summed E-state index contributed by atoms with van der Waals surface area (Å²) in [4.78, 5) is 6.67. The molecular weight excluding hydrogens is 437 g/mol. The molecule has 0 fully saturated rings. The number of phenols is 1. The Bertz CT molecular complexity index is 934. The molecule has 26 heavy (non-hydrogen) atoms. The van der Waals surface area contributed by atoms with E-state index in [2.05, 4.69) is 83.8 Å². The van der Waals surface area contributed by atoms with Gasteiger partial charge in [-0.3, -0.25) is 9.88 Å². The third-order valence-corrected chi connectivity index (χ3v) is 5.29. The lowest BCUT2D eigenvalue weighted by Crippen LogP contribution is -2.37. The van der Waals surface area contributed by atoms with E-state index in [1.807, 2.05) is 24.4 Å². The molecule has 0 amide bonds. The van der Waals surface area contributed by atoms with Crippen molar-refractivity contribution in [3.05, 3.63) is 57.8 Å². The maximum absolute atomic E-state index is 10.3. The maximum atomic E-state index is 10.3. The molecular formula is C21H24IN3O. The molecule has 2 aromatic carbocycles. The third kappa shape index (κ3) is 4.27. The highest BCUT2D eigenvalue weighted by atomic mass is 127. The van der Waals surface area contributed by atoms with Gasteiger partial charge in [-0.15, -0.1) is 0 Å². The van der Waals surface area contributed by atoms with E-state index in [0.29, 0.717) is 12.3 Å². The largest absolute Gasteiger partial charge is 0.508 e. The summed E-state index contributed by atoms with van der Waals surface area (Å²) in [5.74, 6) is 0.320. The van der Waals surface area contributed by atoms with Crippen molar-refractivity contribution in [2.45, 2.75) is 32.9 Å². The second-order valence-corrected chi connectivity index (χ2v) is 8.76. The van der Waals surface area contributed by atoms with E-state index in [9.17, 15) is 5.11 Å². The second kappa shape index (κ2) is 7.40. The minimum absolute atomic E-state index is 0.0360. The Balaban J connectivity index is 1.91. The number of phenolic OH excluding ortho intramolecular Hbond substituents is 1. The third-order valence-electron chi connectivity index (χ3n) is 4.62. The number of fused-ring (bicyclic) bond motifs is 1. The number of aromatic nitrogens is 1. The van der Waals surface area contributed by atoms with Crippen LogP contribution < -0.4 is 5.32 Å². The Morgan fingerprint density at radius 3 is 2.62 bits per heavy atom. The number of nitrogens with one attached hydrogen (secondary N) is 1. The van der Waals surface area contributed by atoms with E-state index in [1.54, 1.807) is 6.07 Å². The number of hydrogen-bond acceptors (Lipinski definition) is 4. The monoisotopic (exact) mass is 461 g/mol. The first-order valence-electron chi connectivity index (χ1n) is 8.58. The van der Waals surface area contributed by atoms with Gasteiger partial charge in [0, 0.05) is 44.2 Å². The van der Waals surface area contributed by atoms with Crippen molar-refractivity contribution >= 4 is 44.9 Å². The number of pyridine rings is 1.